The molecule has 1 unspecified atom stereocenters. The molecule has 0 radical (unpaired) electrons. The van der Waals surface area contributed by atoms with Crippen molar-refractivity contribution >= 4 is 29.0 Å². The summed E-state index contributed by atoms with van der Waals surface area (Å²) in [4.78, 5) is 18.9. The van der Waals surface area contributed by atoms with Crippen molar-refractivity contribution in [3.05, 3.63) is 65.6 Å². The van der Waals surface area contributed by atoms with E-state index >= 15 is 0 Å². The van der Waals surface area contributed by atoms with E-state index < -0.39 is 17.0 Å². The third kappa shape index (κ3) is 4.19. The molecule has 29 heavy (non-hydrogen) atoms. The number of nitrogens with zero attached hydrogens (tertiary/aromatic N) is 2. The second-order valence-electron chi connectivity index (χ2n) is 6.88. The number of rotatable bonds is 3. The Balaban J connectivity index is 1.63. The number of carbonyl (C=O) groups excluding carboxylic acids is 1. The van der Waals surface area contributed by atoms with Gasteiger partial charge in [-0.3, -0.25) is 9.79 Å². The highest BCUT2D eigenvalue weighted by Gasteiger charge is 2.26. The number of nitrogens with two attached hydrogens (primary N) is 1. The standard InChI is InChI=1S/C21H21FN4O2S/c22-18-11-14(5-6-17(18)19-12-25-20(23)13-24-19)15-3-1-2-4-16(15)21(27)26-7-9-29(28)10-8-26/h1-6,11-13,20,25H,7-10,23H2. The van der Waals surface area contributed by atoms with E-state index in [0.717, 1.165) is 0 Å². The first-order chi connectivity index (χ1) is 14.0. The molecule has 0 bridgehead atoms. The van der Waals surface area contributed by atoms with E-state index in [1.807, 2.05) is 12.1 Å². The topological polar surface area (TPSA) is 93.8 Å². The highest BCUT2D eigenvalue weighted by molar-refractivity contribution is 7.91. The van der Waals surface area contributed by atoms with Gasteiger partial charge in [-0.1, -0.05) is 35.4 Å². The molecule has 3 N–H and O–H groups in total. The maximum Gasteiger partial charge on any atom is 0.254 e. The van der Waals surface area contributed by atoms with E-state index in [1.165, 1.54) is 12.3 Å². The number of carbonyl (C=O) groups is 1. The summed E-state index contributed by atoms with van der Waals surface area (Å²) in [6.07, 6.45) is 2.72. The van der Waals surface area contributed by atoms with Crippen molar-refractivity contribution in [1.82, 2.24) is 10.2 Å². The zero-order chi connectivity index (χ0) is 20.4. The van der Waals surface area contributed by atoms with Crippen molar-refractivity contribution in [2.75, 3.05) is 24.6 Å². The predicted octanol–water partition coefficient (Wildman–Crippen LogP) is 1.95. The van der Waals surface area contributed by atoms with Crippen molar-refractivity contribution in [2.45, 2.75) is 6.17 Å². The molecule has 0 aliphatic carbocycles. The van der Waals surface area contributed by atoms with Crippen LogP contribution in [0.25, 0.3) is 16.8 Å². The highest BCUT2D eigenvalue weighted by Crippen LogP contribution is 2.29. The van der Waals surface area contributed by atoms with Crippen molar-refractivity contribution < 1.29 is 13.7 Å². The van der Waals surface area contributed by atoms with Gasteiger partial charge in [0, 0.05) is 23.5 Å². The molecule has 2 aromatic rings. The fraction of sp³-hybridized carbons (Fsp3) is 0.238. The van der Waals surface area contributed by atoms with Gasteiger partial charge in [-0.05, 0) is 29.3 Å². The van der Waals surface area contributed by atoms with Crippen LogP contribution in [0.3, 0.4) is 0 Å². The first kappa shape index (κ1) is 19.6. The molecule has 2 aliphatic rings. The number of hydrogen-bond donors (Lipinski definition) is 2. The Labute approximate surface area is 171 Å². The quantitative estimate of drug-likeness (QED) is 0.754. The van der Waals surface area contributed by atoms with Crippen molar-refractivity contribution in [3.63, 3.8) is 0 Å². The lowest BCUT2D eigenvalue weighted by molar-refractivity contribution is 0.0771. The molecule has 0 spiro atoms. The minimum absolute atomic E-state index is 0.125. The van der Waals surface area contributed by atoms with Gasteiger partial charge >= 0.3 is 0 Å². The van der Waals surface area contributed by atoms with Crippen LogP contribution in [0.2, 0.25) is 0 Å². The molecular weight excluding hydrogens is 391 g/mol. The second kappa shape index (κ2) is 8.36. The van der Waals surface area contributed by atoms with E-state index in [-0.39, 0.29) is 12.1 Å². The minimum Gasteiger partial charge on any atom is -0.616 e. The average molecular weight is 412 g/mol. The molecular formula is C21H21FN4O2S. The summed E-state index contributed by atoms with van der Waals surface area (Å²) in [5.41, 5.74) is 8.27. The molecule has 2 aliphatic heterocycles. The number of nitrogens with one attached hydrogen (secondary N) is 1. The van der Waals surface area contributed by atoms with Crippen LogP contribution in [0.5, 0.6) is 0 Å². The fourth-order valence-electron chi connectivity index (χ4n) is 3.39. The summed E-state index contributed by atoms with van der Waals surface area (Å²) < 4.78 is 26.4. The molecule has 0 saturated carbocycles. The maximum absolute atomic E-state index is 14.8. The molecule has 2 aromatic carbocycles. The molecule has 150 valence electrons. The number of amides is 1. The van der Waals surface area contributed by atoms with Gasteiger partial charge in [-0.25, -0.2) is 4.39 Å². The number of halogens is 1. The summed E-state index contributed by atoms with van der Waals surface area (Å²) in [6.45, 7) is 0.933. The Morgan fingerprint density at radius 1 is 1.21 bits per heavy atom. The van der Waals surface area contributed by atoms with E-state index in [4.69, 9.17) is 5.73 Å². The van der Waals surface area contributed by atoms with Crippen molar-refractivity contribution in [3.8, 4) is 11.1 Å². The van der Waals surface area contributed by atoms with Crippen molar-refractivity contribution in [2.24, 2.45) is 10.7 Å². The lowest BCUT2D eigenvalue weighted by atomic mass is 9.97. The molecule has 8 heteroatoms. The smallest absolute Gasteiger partial charge is 0.254 e. The van der Waals surface area contributed by atoms with E-state index in [9.17, 15) is 13.7 Å². The van der Waals surface area contributed by atoms with Gasteiger partial charge in [0.1, 0.15) is 23.5 Å². The van der Waals surface area contributed by atoms with Crippen LogP contribution in [0.15, 0.2) is 53.7 Å². The van der Waals surface area contributed by atoms with Gasteiger partial charge in [-0.15, -0.1) is 0 Å². The highest BCUT2D eigenvalue weighted by atomic mass is 32.2. The van der Waals surface area contributed by atoms with Crippen LogP contribution >= 0.6 is 0 Å². The van der Waals surface area contributed by atoms with Gasteiger partial charge in [0.2, 0.25) is 0 Å². The third-order valence-electron chi connectivity index (χ3n) is 4.97. The molecule has 4 rings (SSSR count). The average Bonchev–Trinajstić information content (AvgIpc) is 2.74. The lowest BCUT2D eigenvalue weighted by Gasteiger charge is -2.28. The second-order valence-corrected chi connectivity index (χ2v) is 8.58. The van der Waals surface area contributed by atoms with E-state index in [2.05, 4.69) is 10.3 Å². The van der Waals surface area contributed by atoms with E-state index in [1.54, 1.807) is 35.4 Å². The number of benzene rings is 2. The van der Waals surface area contributed by atoms with Crippen molar-refractivity contribution in [1.29, 1.82) is 0 Å². The zero-order valence-electron chi connectivity index (χ0n) is 15.7. The fourth-order valence-corrected chi connectivity index (χ4v) is 4.44. The van der Waals surface area contributed by atoms with Crippen LogP contribution in [0.4, 0.5) is 4.39 Å². The van der Waals surface area contributed by atoms with Gasteiger partial charge < -0.3 is 20.5 Å². The maximum atomic E-state index is 14.8. The molecule has 1 atom stereocenters. The number of hydrogen-bond acceptors (Lipinski definition) is 5. The predicted molar refractivity (Wildman–Crippen MR) is 113 cm³/mol. The van der Waals surface area contributed by atoms with Gasteiger partial charge in [0.25, 0.3) is 5.91 Å². The van der Waals surface area contributed by atoms with Crippen LogP contribution < -0.4 is 11.1 Å². The number of aliphatic imine (C=N–C) groups is 1. The first-order valence-corrected chi connectivity index (χ1v) is 10.8. The third-order valence-corrected chi connectivity index (χ3v) is 6.24. The van der Waals surface area contributed by atoms with Crippen LogP contribution in [-0.4, -0.2) is 52.3 Å². The molecule has 1 amide bonds. The molecule has 1 saturated heterocycles. The molecule has 6 nitrogen and oxygen atoms in total. The van der Waals surface area contributed by atoms with Crippen LogP contribution in [0.1, 0.15) is 15.9 Å². The van der Waals surface area contributed by atoms with Crippen LogP contribution in [0, 0.1) is 5.82 Å². The summed E-state index contributed by atoms with van der Waals surface area (Å²) >= 11 is -0.859. The van der Waals surface area contributed by atoms with Crippen LogP contribution in [-0.2, 0) is 11.2 Å². The Morgan fingerprint density at radius 2 is 1.97 bits per heavy atom. The first-order valence-electron chi connectivity index (χ1n) is 9.32. The minimum atomic E-state index is -0.859. The zero-order valence-corrected chi connectivity index (χ0v) is 16.5. The van der Waals surface area contributed by atoms with Gasteiger partial charge in [0.05, 0.1) is 18.8 Å². The van der Waals surface area contributed by atoms with Gasteiger partial charge in [-0.2, -0.15) is 0 Å². The summed E-state index contributed by atoms with van der Waals surface area (Å²) in [5, 5.41) is 2.90. The summed E-state index contributed by atoms with van der Waals surface area (Å²) in [5.74, 6) is 0.424. The normalized spacial score (nSPS) is 19.6. The van der Waals surface area contributed by atoms with Gasteiger partial charge in [0.15, 0.2) is 0 Å². The molecule has 1 fully saturated rings. The molecule has 2 heterocycles. The summed E-state index contributed by atoms with van der Waals surface area (Å²) in [6, 6.07) is 12.0. The monoisotopic (exact) mass is 412 g/mol. The molecule has 0 aromatic heterocycles. The summed E-state index contributed by atoms with van der Waals surface area (Å²) in [7, 11) is 0. The lowest BCUT2D eigenvalue weighted by Crippen LogP contribution is -2.43. The Kier molecular flexibility index (Phi) is 5.66. The Morgan fingerprint density at radius 3 is 2.66 bits per heavy atom. The Hall–Kier alpha value is -2.68. The Bertz CT molecular complexity index is 986. The van der Waals surface area contributed by atoms with E-state index in [0.29, 0.717) is 52.5 Å². The SMILES string of the molecule is NC1C=NC(c2ccc(-c3ccccc3C(=O)N3CC[S+]([O-])CC3)cc2F)=CN1. The largest absolute Gasteiger partial charge is 0.616 e.